The number of fused-ring (bicyclic) bond motifs is 2. The minimum atomic E-state index is -0.0980. The van der Waals surface area contributed by atoms with Crippen LogP contribution in [-0.2, 0) is 4.74 Å². The lowest BCUT2D eigenvalue weighted by Gasteiger charge is -2.39. The molecule has 0 saturated carbocycles. The van der Waals surface area contributed by atoms with Crippen LogP contribution in [0.4, 0.5) is 0 Å². The lowest BCUT2D eigenvalue weighted by Crippen LogP contribution is -2.48. The summed E-state index contributed by atoms with van der Waals surface area (Å²) in [6.07, 6.45) is 8.15. The molecule has 0 aromatic carbocycles. The minimum absolute atomic E-state index is 0.0980. The van der Waals surface area contributed by atoms with Crippen molar-refractivity contribution in [1.29, 1.82) is 0 Å². The van der Waals surface area contributed by atoms with E-state index in [4.69, 9.17) is 9.26 Å². The standard InChI is InChI=1S/C21H32N4O3S/c26-21(19-11-20(28-24-19)15-5-8-27-12-15)23-16-9-17-1-2-18(10-16)25(17)29-13-14-3-6-22-7-4-14/h11,14-18,22H,1-10,12-13H2,(H,23,26). The first-order chi connectivity index (χ1) is 14.3. The largest absolute Gasteiger partial charge is 0.381 e. The van der Waals surface area contributed by atoms with Crippen molar-refractivity contribution < 1.29 is 14.1 Å². The van der Waals surface area contributed by atoms with E-state index >= 15 is 0 Å². The SMILES string of the molecule is O=C(NC1CC2CCC(C1)N2SCC1CCNCC1)c1cc(C2CCOC2)on1. The van der Waals surface area contributed by atoms with Crippen molar-refractivity contribution in [3.63, 3.8) is 0 Å². The van der Waals surface area contributed by atoms with E-state index in [-0.39, 0.29) is 17.9 Å². The normalized spacial score (nSPS) is 33.2. The average molecular weight is 421 g/mol. The first-order valence-corrected chi connectivity index (χ1v) is 12.2. The molecule has 160 valence electrons. The Morgan fingerprint density at radius 1 is 1.21 bits per heavy atom. The van der Waals surface area contributed by atoms with Crippen LogP contribution in [0.3, 0.4) is 0 Å². The maximum Gasteiger partial charge on any atom is 0.273 e. The molecule has 1 aromatic heterocycles. The molecule has 1 amide bonds. The van der Waals surface area contributed by atoms with Gasteiger partial charge in [-0.2, -0.15) is 0 Å². The lowest BCUT2D eigenvalue weighted by molar-refractivity contribution is 0.0902. The second kappa shape index (κ2) is 8.96. The van der Waals surface area contributed by atoms with Gasteiger partial charge in [0.15, 0.2) is 5.69 Å². The fraction of sp³-hybridized carbons (Fsp3) is 0.810. The molecule has 3 unspecified atom stereocenters. The first kappa shape index (κ1) is 19.8. The maximum absolute atomic E-state index is 12.7. The summed E-state index contributed by atoms with van der Waals surface area (Å²) in [6, 6.07) is 3.22. The smallest absolute Gasteiger partial charge is 0.273 e. The zero-order valence-corrected chi connectivity index (χ0v) is 17.8. The number of nitrogens with one attached hydrogen (secondary N) is 2. The molecule has 0 spiro atoms. The van der Waals surface area contributed by atoms with Crippen LogP contribution in [0.5, 0.6) is 0 Å². The molecule has 2 N–H and O–H groups in total. The topological polar surface area (TPSA) is 79.6 Å². The van der Waals surface area contributed by atoms with E-state index in [9.17, 15) is 4.79 Å². The number of carbonyl (C=O) groups is 1. The van der Waals surface area contributed by atoms with Crippen molar-refractivity contribution in [2.45, 2.75) is 69.0 Å². The molecular weight excluding hydrogens is 388 g/mol. The first-order valence-electron chi connectivity index (χ1n) is 11.2. The summed E-state index contributed by atoms with van der Waals surface area (Å²) in [5.74, 6) is 3.01. The monoisotopic (exact) mass is 420 g/mol. The van der Waals surface area contributed by atoms with E-state index < -0.39 is 0 Å². The van der Waals surface area contributed by atoms with Gasteiger partial charge < -0.3 is 19.9 Å². The molecule has 4 fully saturated rings. The molecule has 5 rings (SSSR count). The molecule has 1 aromatic rings. The van der Waals surface area contributed by atoms with Crippen molar-refractivity contribution in [1.82, 2.24) is 20.1 Å². The Bertz CT molecular complexity index is 688. The van der Waals surface area contributed by atoms with E-state index in [1.807, 2.05) is 0 Å². The molecule has 3 atom stereocenters. The Labute approximate surface area is 176 Å². The van der Waals surface area contributed by atoms with Crippen molar-refractivity contribution >= 4 is 17.9 Å². The molecule has 4 aliphatic rings. The van der Waals surface area contributed by atoms with Crippen LogP contribution in [0.2, 0.25) is 0 Å². The molecule has 8 heteroatoms. The molecule has 4 saturated heterocycles. The highest BCUT2D eigenvalue weighted by Gasteiger charge is 2.42. The van der Waals surface area contributed by atoms with Gasteiger partial charge in [-0.15, -0.1) is 0 Å². The third-order valence-corrected chi connectivity index (χ3v) is 8.53. The number of hydrogen-bond donors (Lipinski definition) is 2. The number of piperidine rings is 2. The highest BCUT2D eigenvalue weighted by atomic mass is 32.2. The van der Waals surface area contributed by atoms with Gasteiger partial charge in [0.25, 0.3) is 5.91 Å². The lowest BCUT2D eigenvalue weighted by atomic mass is 9.99. The second-order valence-corrected chi connectivity index (χ2v) is 10.1. The number of carbonyl (C=O) groups excluding carboxylic acids is 1. The number of amides is 1. The van der Waals surface area contributed by atoms with Gasteiger partial charge in [0.05, 0.1) is 6.61 Å². The fourth-order valence-electron chi connectivity index (χ4n) is 5.31. The van der Waals surface area contributed by atoms with Crippen molar-refractivity contribution in [2.75, 3.05) is 32.1 Å². The number of aromatic nitrogens is 1. The van der Waals surface area contributed by atoms with Gasteiger partial charge in [-0.3, -0.25) is 4.79 Å². The number of hydrogen-bond acceptors (Lipinski definition) is 7. The Morgan fingerprint density at radius 2 is 2.00 bits per heavy atom. The van der Waals surface area contributed by atoms with Crippen LogP contribution in [0.1, 0.15) is 67.1 Å². The van der Waals surface area contributed by atoms with Crippen LogP contribution < -0.4 is 10.6 Å². The van der Waals surface area contributed by atoms with Crippen LogP contribution in [-0.4, -0.2) is 65.6 Å². The Balaban J connectivity index is 1.12. The molecule has 7 nitrogen and oxygen atoms in total. The summed E-state index contributed by atoms with van der Waals surface area (Å²) < 4.78 is 13.5. The molecule has 2 bridgehead atoms. The van der Waals surface area contributed by atoms with E-state index in [1.54, 1.807) is 6.07 Å². The molecule has 4 aliphatic heterocycles. The summed E-state index contributed by atoms with van der Waals surface area (Å²) in [7, 11) is 0. The molecule has 0 aliphatic carbocycles. The third kappa shape index (κ3) is 4.50. The van der Waals surface area contributed by atoms with Gasteiger partial charge in [0, 0.05) is 42.5 Å². The van der Waals surface area contributed by atoms with Crippen LogP contribution >= 0.6 is 11.9 Å². The maximum atomic E-state index is 12.7. The Hall–Kier alpha value is -1.09. The van der Waals surface area contributed by atoms with E-state index in [2.05, 4.69) is 32.0 Å². The zero-order valence-electron chi connectivity index (χ0n) is 17.0. The van der Waals surface area contributed by atoms with Gasteiger partial charge in [-0.1, -0.05) is 17.1 Å². The zero-order chi connectivity index (χ0) is 19.6. The Morgan fingerprint density at radius 3 is 2.72 bits per heavy atom. The third-order valence-electron chi connectivity index (χ3n) is 7.01. The minimum Gasteiger partial charge on any atom is -0.381 e. The predicted molar refractivity (Wildman–Crippen MR) is 112 cm³/mol. The number of ether oxygens (including phenoxy) is 1. The number of nitrogens with zero attached hydrogens (tertiary/aromatic N) is 2. The van der Waals surface area contributed by atoms with Crippen LogP contribution in [0.25, 0.3) is 0 Å². The quantitative estimate of drug-likeness (QED) is 0.685. The fourth-order valence-corrected chi connectivity index (χ4v) is 6.83. The van der Waals surface area contributed by atoms with Crippen molar-refractivity contribution in [3.05, 3.63) is 17.5 Å². The molecule has 29 heavy (non-hydrogen) atoms. The van der Waals surface area contributed by atoms with Gasteiger partial charge in [0.2, 0.25) is 0 Å². The van der Waals surface area contributed by atoms with Crippen molar-refractivity contribution in [3.8, 4) is 0 Å². The summed E-state index contributed by atoms with van der Waals surface area (Å²) in [4.78, 5) is 12.7. The second-order valence-electron chi connectivity index (χ2n) is 9.05. The van der Waals surface area contributed by atoms with Gasteiger partial charge in [-0.05, 0) is 64.0 Å². The summed E-state index contributed by atoms with van der Waals surface area (Å²) in [5.41, 5.74) is 0.405. The van der Waals surface area contributed by atoms with Gasteiger partial charge in [0.1, 0.15) is 5.76 Å². The van der Waals surface area contributed by atoms with Gasteiger partial charge in [-0.25, -0.2) is 4.31 Å². The number of rotatable bonds is 6. The molecule has 5 heterocycles. The van der Waals surface area contributed by atoms with Crippen molar-refractivity contribution in [2.24, 2.45) is 5.92 Å². The van der Waals surface area contributed by atoms with Crippen LogP contribution in [0.15, 0.2) is 10.6 Å². The van der Waals surface area contributed by atoms with Gasteiger partial charge >= 0.3 is 0 Å². The predicted octanol–water partition coefficient (Wildman–Crippen LogP) is 2.55. The summed E-state index contributed by atoms with van der Waals surface area (Å²) >= 11 is 2.07. The van der Waals surface area contributed by atoms with Crippen LogP contribution in [0, 0.1) is 5.92 Å². The highest BCUT2D eigenvalue weighted by Crippen LogP contribution is 2.41. The average Bonchev–Trinajstić information content (AvgIpc) is 3.47. The Kier molecular flexibility index (Phi) is 6.13. The summed E-state index contributed by atoms with van der Waals surface area (Å²) in [5, 5.41) is 10.7. The summed E-state index contributed by atoms with van der Waals surface area (Å²) in [6.45, 7) is 3.75. The van der Waals surface area contributed by atoms with E-state index in [1.165, 1.54) is 44.5 Å². The molecule has 0 radical (unpaired) electrons. The molecular formula is C21H32N4O3S. The highest BCUT2D eigenvalue weighted by molar-refractivity contribution is 7.97. The van der Waals surface area contributed by atoms with E-state index in [0.717, 1.165) is 37.5 Å². The van der Waals surface area contributed by atoms with E-state index in [0.29, 0.717) is 24.4 Å².